The van der Waals surface area contributed by atoms with E-state index in [-0.39, 0.29) is 6.61 Å². The molecule has 0 aliphatic rings. The van der Waals surface area contributed by atoms with Crippen molar-refractivity contribution in [3.63, 3.8) is 0 Å². The summed E-state index contributed by atoms with van der Waals surface area (Å²) in [6, 6.07) is 8.03. The van der Waals surface area contributed by atoms with E-state index in [0.29, 0.717) is 12.4 Å². The van der Waals surface area contributed by atoms with Gasteiger partial charge in [0.15, 0.2) is 0 Å². The fraction of sp³-hybridized carbons (Fsp3) is 0.286. The van der Waals surface area contributed by atoms with Gasteiger partial charge >= 0.3 is 0 Å². The van der Waals surface area contributed by atoms with Gasteiger partial charge in [0.1, 0.15) is 18.0 Å². The predicted molar refractivity (Wildman–Crippen MR) is 76.8 cm³/mol. The van der Waals surface area contributed by atoms with E-state index in [2.05, 4.69) is 46.6 Å². The normalized spacial score (nSPS) is 10.3. The quantitative estimate of drug-likeness (QED) is 0.767. The second kappa shape index (κ2) is 6.15. The second-order valence-corrected chi connectivity index (χ2v) is 4.38. The van der Waals surface area contributed by atoms with Crippen LogP contribution in [0.2, 0.25) is 0 Å². The van der Waals surface area contributed by atoms with E-state index in [1.165, 1.54) is 17.5 Å². The number of rotatable bonds is 5. The van der Waals surface area contributed by atoms with Crippen LogP contribution < -0.4 is 10.6 Å². The van der Waals surface area contributed by atoms with Gasteiger partial charge in [0.05, 0.1) is 6.61 Å². The zero-order chi connectivity index (χ0) is 13.7. The van der Waals surface area contributed by atoms with Crippen molar-refractivity contribution < 1.29 is 5.11 Å². The molecule has 5 nitrogen and oxygen atoms in total. The number of nitrogens with zero attached hydrogens (tertiary/aromatic N) is 2. The minimum absolute atomic E-state index is 0.0732. The van der Waals surface area contributed by atoms with Gasteiger partial charge in [-0.3, -0.25) is 0 Å². The molecule has 0 saturated heterocycles. The average molecular weight is 258 g/mol. The van der Waals surface area contributed by atoms with E-state index in [0.717, 1.165) is 11.5 Å². The maximum Gasteiger partial charge on any atom is 0.135 e. The molecule has 0 atom stereocenters. The lowest BCUT2D eigenvalue weighted by Gasteiger charge is -2.10. The zero-order valence-corrected chi connectivity index (χ0v) is 11.1. The Labute approximate surface area is 112 Å². The molecule has 0 radical (unpaired) electrons. The number of benzene rings is 1. The SMILES string of the molecule is Cc1ccc(Nc2cc(NCCO)ncn2)c(C)c1. The predicted octanol–water partition coefficient (Wildman–Crippen LogP) is 2.24. The van der Waals surface area contributed by atoms with Crippen molar-refractivity contribution >= 4 is 17.3 Å². The van der Waals surface area contributed by atoms with Crippen LogP contribution in [0, 0.1) is 13.8 Å². The number of anilines is 3. The highest BCUT2D eigenvalue weighted by Gasteiger charge is 2.02. The smallest absolute Gasteiger partial charge is 0.135 e. The third-order valence-corrected chi connectivity index (χ3v) is 2.73. The van der Waals surface area contributed by atoms with Crippen LogP contribution in [0.4, 0.5) is 17.3 Å². The molecule has 19 heavy (non-hydrogen) atoms. The average Bonchev–Trinajstić information content (AvgIpc) is 2.40. The molecule has 0 unspecified atom stereocenters. The van der Waals surface area contributed by atoms with Gasteiger partial charge in [-0.25, -0.2) is 9.97 Å². The summed E-state index contributed by atoms with van der Waals surface area (Å²) < 4.78 is 0. The number of aryl methyl sites for hydroxylation is 2. The molecule has 0 saturated carbocycles. The topological polar surface area (TPSA) is 70.1 Å². The molecule has 5 heteroatoms. The summed E-state index contributed by atoms with van der Waals surface area (Å²) in [5, 5.41) is 15.0. The van der Waals surface area contributed by atoms with Crippen molar-refractivity contribution in [1.82, 2.24) is 9.97 Å². The molecule has 1 aromatic carbocycles. The second-order valence-electron chi connectivity index (χ2n) is 4.38. The van der Waals surface area contributed by atoms with Crippen LogP contribution in [0.25, 0.3) is 0 Å². The summed E-state index contributed by atoms with van der Waals surface area (Å²) in [5.74, 6) is 1.42. The maximum absolute atomic E-state index is 8.77. The molecule has 1 heterocycles. The lowest BCUT2D eigenvalue weighted by atomic mass is 10.1. The van der Waals surface area contributed by atoms with Gasteiger partial charge in [-0.1, -0.05) is 17.7 Å². The van der Waals surface area contributed by atoms with Gasteiger partial charge in [0.25, 0.3) is 0 Å². The number of hydrogen-bond acceptors (Lipinski definition) is 5. The van der Waals surface area contributed by atoms with Crippen LogP contribution in [0.3, 0.4) is 0 Å². The molecule has 0 spiro atoms. The van der Waals surface area contributed by atoms with Gasteiger partial charge in [0, 0.05) is 18.3 Å². The molecule has 2 rings (SSSR count). The van der Waals surface area contributed by atoms with Crippen LogP contribution in [-0.4, -0.2) is 28.2 Å². The lowest BCUT2D eigenvalue weighted by molar-refractivity contribution is 0.311. The molecular formula is C14H18N4O. The summed E-state index contributed by atoms with van der Waals surface area (Å²) in [5.41, 5.74) is 3.43. The molecule has 3 N–H and O–H groups in total. The van der Waals surface area contributed by atoms with E-state index in [1.807, 2.05) is 12.1 Å². The molecule has 0 bridgehead atoms. The maximum atomic E-state index is 8.77. The molecule has 0 aliphatic carbocycles. The number of aromatic nitrogens is 2. The highest BCUT2D eigenvalue weighted by Crippen LogP contribution is 2.20. The summed E-state index contributed by atoms with van der Waals surface area (Å²) in [4.78, 5) is 8.26. The van der Waals surface area contributed by atoms with Crippen molar-refractivity contribution in [2.75, 3.05) is 23.8 Å². The van der Waals surface area contributed by atoms with Crippen LogP contribution in [0.15, 0.2) is 30.6 Å². The Morgan fingerprint density at radius 3 is 2.63 bits per heavy atom. The highest BCUT2D eigenvalue weighted by molar-refractivity contribution is 5.62. The monoisotopic (exact) mass is 258 g/mol. The van der Waals surface area contributed by atoms with Gasteiger partial charge in [-0.05, 0) is 25.5 Å². The van der Waals surface area contributed by atoms with E-state index in [4.69, 9.17) is 5.11 Å². The molecule has 0 aliphatic heterocycles. The van der Waals surface area contributed by atoms with E-state index in [1.54, 1.807) is 0 Å². The molecule has 2 aromatic rings. The summed E-state index contributed by atoms with van der Waals surface area (Å²) in [7, 11) is 0. The summed E-state index contributed by atoms with van der Waals surface area (Å²) >= 11 is 0. The van der Waals surface area contributed by atoms with Crippen LogP contribution in [0.5, 0.6) is 0 Å². The minimum atomic E-state index is 0.0732. The molecular weight excluding hydrogens is 240 g/mol. The number of nitrogens with one attached hydrogen (secondary N) is 2. The summed E-state index contributed by atoms with van der Waals surface area (Å²) in [6.45, 7) is 4.67. The van der Waals surface area contributed by atoms with Crippen LogP contribution >= 0.6 is 0 Å². The highest BCUT2D eigenvalue weighted by atomic mass is 16.3. The van der Waals surface area contributed by atoms with E-state index >= 15 is 0 Å². The van der Waals surface area contributed by atoms with E-state index in [9.17, 15) is 0 Å². The standard InChI is InChI=1S/C14H18N4O/c1-10-3-4-12(11(2)7-10)18-14-8-13(15-5-6-19)16-9-17-14/h3-4,7-9,19H,5-6H2,1-2H3,(H2,15,16,17,18). The first kappa shape index (κ1) is 13.3. The molecule has 1 aromatic heterocycles. The Bertz CT molecular complexity index is 557. The number of hydrogen-bond donors (Lipinski definition) is 3. The number of aliphatic hydroxyl groups excluding tert-OH is 1. The Morgan fingerprint density at radius 1 is 1.11 bits per heavy atom. The Morgan fingerprint density at radius 2 is 1.89 bits per heavy atom. The largest absolute Gasteiger partial charge is 0.395 e. The molecule has 100 valence electrons. The molecule has 0 fully saturated rings. The van der Waals surface area contributed by atoms with Crippen LogP contribution in [0.1, 0.15) is 11.1 Å². The summed E-state index contributed by atoms with van der Waals surface area (Å²) in [6.07, 6.45) is 1.49. The third kappa shape index (κ3) is 3.66. The van der Waals surface area contributed by atoms with Crippen molar-refractivity contribution in [3.05, 3.63) is 41.7 Å². The van der Waals surface area contributed by atoms with Crippen molar-refractivity contribution in [1.29, 1.82) is 0 Å². The molecule has 0 amide bonds. The van der Waals surface area contributed by atoms with Crippen molar-refractivity contribution in [3.8, 4) is 0 Å². The van der Waals surface area contributed by atoms with Crippen LogP contribution in [-0.2, 0) is 0 Å². The zero-order valence-electron chi connectivity index (χ0n) is 11.1. The van der Waals surface area contributed by atoms with Gasteiger partial charge in [-0.2, -0.15) is 0 Å². The first-order chi connectivity index (χ1) is 9.19. The van der Waals surface area contributed by atoms with Gasteiger partial charge in [-0.15, -0.1) is 0 Å². The fourth-order valence-electron chi connectivity index (χ4n) is 1.80. The number of aliphatic hydroxyl groups is 1. The van der Waals surface area contributed by atoms with Crippen molar-refractivity contribution in [2.45, 2.75) is 13.8 Å². The lowest BCUT2D eigenvalue weighted by Crippen LogP contribution is -2.07. The Hall–Kier alpha value is -2.14. The Kier molecular flexibility index (Phi) is 4.30. The first-order valence-corrected chi connectivity index (χ1v) is 6.20. The Balaban J connectivity index is 2.14. The van der Waals surface area contributed by atoms with Crippen molar-refractivity contribution in [2.24, 2.45) is 0 Å². The fourth-order valence-corrected chi connectivity index (χ4v) is 1.80. The first-order valence-electron chi connectivity index (χ1n) is 6.20. The third-order valence-electron chi connectivity index (χ3n) is 2.73. The van der Waals surface area contributed by atoms with Gasteiger partial charge < -0.3 is 15.7 Å². The minimum Gasteiger partial charge on any atom is -0.395 e. The van der Waals surface area contributed by atoms with E-state index < -0.39 is 0 Å². The van der Waals surface area contributed by atoms with Gasteiger partial charge in [0.2, 0.25) is 0 Å².